The van der Waals surface area contributed by atoms with Crippen molar-refractivity contribution in [1.82, 2.24) is 4.98 Å². The SMILES string of the molecule is Cc1nc(CC(C)(O)C(C)C)sc1C. The smallest absolute Gasteiger partial charge is 0.0959 e. The fourth-order valence-electron chi connectivity index (χ4n) is 1.13. The van der Waals surface area contributed by atoms with Crippen LogP contribution in [-0.2, 0) is 6.42 Å². The van der Waals surface area contributed by atoms with Crippen molar-refractivity contribution in [1.29, 1.82) is 0 Å². The standard InChI is InChI=1S/C11H19NOS/c1-7(2)11(5,13)6-10-12-8(3)9(4)14-10/h7,13H,6H2,1-5H3. The monoisotopic (exact) mass is 213 g/mol. The highest BCUT2D eigenvalue weighted by molar-refractivity contribution is 7.11. The van der Waals surface area contributed by atoms with Crippen molar-refractivity contribution in [2.45, 2.75) is 46.6 Å². The molecule has 0 aliphatic rings. The van der Waals surface area contributed by atoms with Gasteiger partial charge in [-0.05, 0) is 26.7 Å². The van der Waals surface area contributed by atoms with Crippen LogP contribution in [0.3, 0.4) is 0 Å². The Bertz CT molecular complexity index is 296. The van der Waals surface area contributed by atoms with Gasteiger partial charge in [0.25, 0.3) is 0 Å². The van der Waals surface area contributed by atoms with Gasteiger partial charge in [0.05, 0.1) is 16.3 Å². The average Bonchev–Trinajstić information content (AvgIpc) is 2.29. The van der Waals surface area contributed by atoms with E-state index in [2.05, 4.69) is 11.9 Å². The molecular formula is C11H19NOS. The highest BCUT2D eigenvalue weighted by Crippen LogP contribution is 2.25. The van der Waals surface area contributed by atoms with Crippen molar-refractivity contribution in [2.75, 3.05) is 0 Å². The predicted octanol–water partition coefficient (Wildman–Crippen LogP) is 2.71. The second kappa shape index (κ2) is 3.99. The van der Waals surface area contributed by atoms with Crippen LogP contribution in [0.25, 0.3) is 0 Å². The first-order chi connectivity index (χ1) is 6.33. The van der Waals surface area contributed by atoms with Gasteiger partial charge in [0.1, 0.15) is 0 Å². The number of hydrogen-bond donors (Lipinski definition) is 1. The summed E-state index contributed by atoms with van der Waals surface area (Å²) in [6, 6.07) is 0. The first-order valence-electron chi connectivity index (χ1n) is 4.98. The van der Waals surface area contributed by atoms with Crippen molar-refractivity contribution in [2.24, 2.45) is 5.92 Å². The third kappa shape index (κ3) is 2.55. The van der Waals surface area contributed by atoms with E-state index in [0.29, 0.717) is 6.42 Å². The van der Waals surface area contributed by atoms with E-state index < -0.39 is 5.60 Å². The number of thiazole rings is 1. The molecule has 0 fully saturated rings. The Balaban J connectivity index is 2.78. The molecule has 1 heterocycles. The summed E-state index contributed by atoms with van der Waals surface area (Å²) >= 11 is 1.69. The molecule has 0 amide bonds. The van der Waals surface area contributed by atoms with Crippen LogP contribution in [0, 0.1) is 19.8 Å². The molecule has 1 N–H and O–H groups in total. The van der Waals surface area contributed by atoms with Crippen molar-refractivity contribution in [3.05, 3.63) is 15.6 Å². The molecule has 0 aromatic carbocycles. The zero-order chi connectivity index (χ0) is 10.9. The van der Waals surface area contributed by atoms with E-state index in [1.54, 1.807) is 11.3 Å². The van der Waals surface area contributed by atoms with Crippen LogP contribution >= 0.6 is 11.3 Å². The number of nitrogens with zero attached hydrogens (tertiary/aromatic N) is 1. The van der Waals surface area contributed by atoms with Crippen molar-refractivity contribution >= 4 is 11.3 Å². The third-order valence-electron chi connectivity index (χ3n) is 2.83. The molecule has 1 aromatic rings. The van der Waals surface area contributed by atoms with Gasteiger partial charge in [-0.25, -0.2) is 4.98 Å². The van der Waals surface area contributed by atoms with Gasteiger partial charge < -0.3 is 5.11 Å². The lowest BCUT2D eigenvalue weighted by Crippen LogP contribution is -2.33. The molecule has 80 valence electrons. The molecule has 0 spiro atoms. The Hall–Kier alpha value is -0.410. The minimum absolute atomic E-state index is 0.256. The van der Waals surface area contributed by atoms with E-state index in [4.69, 9.17) is 0 Å². The van der Waals surface area contributed by atoms with Crippen molar-refractivity contribution in [3.8, 4) is 0 Å². The molecule has 14 heavy (non-hydrogen) atoms. The van der Waals surface area contributed by atoms with Gasteiger partial charge in [-0.3, -0.25) is 0 Å². The van der Waals surface area contributed by atoms with Gasteiger partial charge in [-0.15, -0.1) is 11.3 Å². The van der Waals surface area contributed by atoms with Crippen LogP contribution in [0.5, 0.6) is 0 Å². The number of aryl methyl sites for hydroxylation is 2. The number of aliphatic hydroxyl groups is 1. The highest BCUT2D eigenvalue weighted by atomic mass is 32.1. The maximum atomic E-state index is 10.1. The Morgan fingerprint density at radius 2 is 2.00 bits per heavy atom. The Kier molecular flexibility index (Phi) is 3.32. The van der Waals surface area contributed by atoms with Gasteiger partial charge in [-0.1, -0.05) is 13.8 Å². The van der Waals surface area contributed by atoms with Gasteiger partial charge in [0.2, 0.25) is 0 Å². The molecule has 0 aliphatic heterocycles. The Morgan fingerprint density at radius 1 is 1.43 bits per heavy atom. The Labute approximate surface area is 90.0 Å². The summed E-state index contributed by atoms with van der Waals surface area (Å²) in [4.78, 5) is 5.69. The summed E-state index contributed by atoms with van der Waals surface area (Å²) < 4.78 is 0. The van der Waals surface area contributed by atoms with Gasteiger partial charge in [0, 0.05) is 11.3 Å². The van der Waals surface area contributed by atoms with Gasteiger partial charge >= 0.3 is 0 Å². The maximum Gasteiger partial charge on any atom is 0.0959 e. The first-order valence-corrected chi connectivity index (χ1v) is 5.80. The molecule has 2 nitrogen and oxygen atoms in total. The molecule has 0 radical (unpaired) electrons. The molecule has 0 aliphatic carbocycles. The molecule has 3 heteroatoms. The summed E-state index contributed by atoms with van der Waals surface area (Å²) in [5.74, 6) is 0.256. The lowest BCUT2D eigenvalue weighted by molar-refractivity contribution is 0.0139. The molecule has 1 atom stereocenters. The third-order valence-corrected chi connectivity index (χ3v) is 3.90. The van der Waals surface area contributed by atoms with E-state index in [1.807, 2.05) is 27.7 Å². The van der Waals surface area contributed by atoms with E-state index >= 15 is 0 Å². The molecule has 1 rings (SSSR count). The zero-order valence-electron chi connectivity index (χ0n) is 9.59. The topological polar surface area (TPSA) is 33.1 Å². The minimum Gasteiger partial charge on any atom is -0.389 e. The predicted molar refractivity (Wildman–Crippen MR) is 60.8 cm³/mol. The summed E-state index contributed by atoms with van der Waals surface area (Å²) in [6.07, 6.45) is 0.657. The lowest BCUT2D eigenvalue weighted by atomic mass is 9.90. The highest BCUT2D eigenvalue weighted by Gasteiger charge is 2.26. The van der Waals surface area contributed by atoms with E-state index in [-0.39, 0.29) is 5.92 Å². The molecule has 1 aromatic heterocycles. The minimum atomic E-state index is -0.642. The molecule has 1 unspecified atom stereocenters. The number of rotatable bonds is 3. The second-order valence-corrected chi connectivity index (χ2v) is 5.73. The van der Waals surface area contributed by atoms with E-state index in [1.165, 1.54) is 4.88 Å². The maximum absolute atomic E-state index is 10.1. The quantitative estimate of drug-likeness (QED) is 0.837. The zero-order valence-corrected chi connectivity index (χ0v) is 10.4. The summed E-state index contributed by atoms with van der Waals surface area (Å²) in [7, 11) is 0. The average molecular weight is 213 g/mol. The van der Waals surface area contributed by atoms with Crippen LogP contribution in [-0.4, -0.2) is 15.7 Å². The van der Waals surface area contributed by atoms with E-state index in [9.17, 15) is 5.11 Å². The number of aromatic nitrogens is 1. The van der Waals surface area contributed by atoms with Crippen LogP contribution in [0.4, 0.5) is 0 Å². The second-order valence-electron chi connectivity index (χ2n) is 4.44. The van der Waals surface area contributed by atoms with Gasteiger partial charge in [-0.2, -0.15) is 0 Å². The van der Waals surface area contributed by atoms with Crippen LogP contribution in [0.1, 0.15) is 36.3 Å². The van der Waals surface area contributed by atoms with Crippen LogP contribution in [0.2, 0.25) is 0 Å². The van der Waals surface area contributed by atoms with Gasteiger partial charge in [0.15, 0.2) is 0 Å². The van der Waals surface area contributed by atoms with Crippen molar-refractivity contribution in [3.63, 3.8) is 0 Å². The lowest BCUT2D eigenvalue weighted by Gasteiger charge is -2.26. The fourth-order valence-corrected chi connectivity index (χ4v) is 2.22. The summed E-state index contributed by atoms with van der Waals surface area (Å²) in [5, 5.41) is 11.2. The first kappa shape index (κ1) is 11.7. The fraction of sp³-hybridized carbons (Fsp3) is 0.727. The van der Waals surface area contributed by atoms with Crippen LogP contribution in [0.15, 0.2) is 0 Å². The van der Waals surface area contributed by atoms with Crippen molar-refractivity contribution < 1.29 is 5.11 Å². The number of hydrogen-bond acceptors (Lipinski definition) is 3. The molecule has 0 saturated carbocycles. The summed E-state index contributed by atoms with van der Waals surface area (Å²) in [6.45, 7) is 10.0. The largest absolute Gasteiger partial charge is 0.389 e. The van der Waals surface area contributed by atoms with Crippen LogP contribution < -0.4 is 0 Å². The Morgan fingerprint density at radius 3 is 2.36 bits per heavy atom. The molecule has 0 bridgehead atoms. The normalized spacial score (nSPS) is 15.9. The van der Waals surface area contributed by atoms with E-state index in [0.717, 1.165) is 10.7 Å². The molecule has 0 saturated heterocycles. The summed E-state index contributed by atoms with van der Waals surface area (Å²) in [5.41, 5.74) is 0.445. The molecular weight excluding hydrogens is 194 g/mol.